The van der Waals surface area contributed by atoms with E-state index in [1.165, 1.54) is 19.5 Å². The summed E-state index contributed by atoms with van der Waals surface area (Å²) < 4.78 is 5.32. The SMILES string of the molecule is CC(C)c1noc(CN2CCC3CNCC3C2)n1. The van der Waals surface area contributed by atoms with Crippen LogP contribution in [0.2, 0.25) is 0 Å². The van der Waals surface area contributed by atoms with E-state index in [9.17, 15) is 0 Å². The van der Waals surface area contributed by atoms with E-state index in [1.807, 2.05) is 0 Å². The van der Waals surface area contributed by atoms with E-state index in [0.29, 0.717) is 5.92 Å². The van der Waals surface area contributed by atoms with E-state index < -0.39 is 0 Å². The Morgan fingerprint density at radius 2 is 2.22 bits per heavy atom. The third-order valence-corrected chi connectivity index (χ3v) is 4.15. The molecule has 3 heterocycles. The lowest BCUT2D eigenvalue weighted by Gasteiger charge is -2.33. The van der Waals surface area contributed by atoms with E-state index in [4.69, 9.17) is 4.52 Å². The topological polar surface area (TPSA) is 54.2 Å². The molecule has 0 bridgehead atoms. The van der Waals surface area contributed by atoms with Gasteiger partial charge in [0.25, 0.3) is 0 Å². The average molecular weight is 250 g/mol. The second-order valence-corrected chi connectivity index (χ2v) is 5.90. The molecule has 3 rings (SSSR count). The first-order chi connectivity index (χ1) is 8.72. The van der Waals surface area contributed by atoms with Gasteiger partial charge in [0.05, 0.1) is 6.54 Å². The molecule has 0 amide bonds. The Labute approximate surface area is 108 Å². The van der Waals surface area contributed by atoms with Crippen LogP contribution in [0.5, 0.6) is 0 Å². The highest BCUT2D eigenvalue weighted by atomic mass is 16.5. The Bertz CT molecular complexity index is 403. The first-order valence-corrected chi connectivity index (χ1v) is 6.98. The fourth-order valence-corrected chi connectivity index (χ4v) is 3.01. The number of hydrogen-bond donors (Lipinski definition) is 1. The summed E-state index contributed by atoms with van der Waals surface area (Å²) >= 11 is 0. The molecule has 1 N–H and O–H groups in total. The summed E-state index contributed by atoms with van der Waals surface area (Å²) in [6, 6.07) is 0. The molecule has 2 fully saturated rings. The molecule has 18 heavy (non-hydrogen) atoms. The van der Waals surface area contributed by atoms with Crippen LogP contribution in [0, 0.1) is 11.8 Å². The monoisotopic (exact) mass is 250 g/mol. The summed E-state index contributed by atoms with van der Waals surface area (Å²) in [5.74, 6) is 3.62. The Hall–Kier alpha value is -0.940. The molecule has 2 atom stereocenters. The van der Waals surface area contributed by atoms with Gasteiger partial charge in [0.2, 0.25) is 5.89 Å². The zero-order valence-electron chi connectivity index (χ0n) is 11.2. The van der Waals surface area contributed by atoms with E-state index in [2.05, 4.69) is 34.2 Å². The van der Waals surface area contributed by atoms with Crippen molar-refractivity contribution in [2.24, 2.45) is 11.8 Å². The largest absolute Gasteiger partial charge is 0.338 e. The van der Waals surface area contributed by atoms with Crippen LogP contribution >= 0.6 is 0 Å². The van der Waals surface area contributed by atoms with Crippen LogP contribution in [-0.2, 0) is 6.54 Å². The minimum atomic E-state index is 0.340. The number of nitrogens with one attached hydrogen (secondary N) is 1. The highest BCUT2D eigenvalue weighted by Gasteiger charge is 2.33. The van der Waals surface area contributed by atoms with Gasteiger partial charge < -0.3 is 9.84 Å². The van der Waals surface area contributed by atoms with Crippen molar-refractivity contribution in [2.75, 3.05) is 26.2 Å². The predicted molar refractivity (Wildman–Crippen MR) is 68.1 cm³/mol. The second-order valence-electron chi connectivity index (χ2n) is 5.90. The Morgan fingerprint density at radius 1 is 1.39 bits per heavy atom. The van der Waals surface area contributed by atoms with Gasteiger partial charge in [0.15, 0.2) is 5.82 Å². The van der Waals surface area contributed by atoms with Crippen molar-refractivity contribution in [3.8, 4) is 0 Å². The number of fused-ring (bicyclic) bond motifs is 1. The fraction of sp³-hybridized carbons (Fsp3) is 0.846. The summed E-state index contributed by atoms with van der Waals surface area (Å²) in [6.45, 7) is 9.68. The average Bonchev–Trinajstić information content (AvgIpc) is 2.96. The molecule has 2 aliphatic rings. The van der Waals surface area contributed by atoms with Crippen LogP contribution in [0.3, 0.4) is 0 Å². The van der Waals surface area contributed by atoms with Crippen LogP contribution in [0.4, 0.5) is 0 Å². The highest BCUT2D eigenvalue weighted by Crippen LogP contribution is 2.27. The van der Waals surface area contributed by atoms with E-state index in [0.717, 1.165) is 43.2 Å². The first kappa shape index (κ1) is 12.1. The molecule has 0 spiro atoms. The molecule has 5 nitrogen and oxygen atoms in total. The molecule has 0 radical (unpaired) electrons. The van der Waals surface area contributed by atoms with Crippen molar-refractivity contribution >= 4 is 0 Å². The van der Waals surface area contributed by atoms with E-state index in [-0.39, 0.29) is 0 Å². The van der Waals surface area contributed by atoms with Gasteiger partial charge in [-0.15, -0.1) is 0 Å². The normalized spacial score (nSPS) is 28.8. The number of likely N-dealkylation sites (tertiary alicyclic amines) is 1. The van der Waals surface area contributed by atoms with Crippen molar-refractivity contribution in [1.82, 2.24) is 20.4 Å². The number of nitrogens with zero attached hydrogens (tertiary/aromatic N) is 3. The van der Waals surface area contributed by atoms with Crippen molar-refractivity contribution in [1.29, 1.82) is 0 Å². The summed E-state index contributed by atoms with van der Waals surface area (Å²) in [5.41, 5.74) is 0. The number of aromatic nitrogens is 2. The molecule has 1 aromatic rings. The Kier molecular flexibility index (Phi) is 3.35. The Morgan fingerprint density at radius 3 is 3.00 bits per heavy atom. The minimum absolute atomic E-state index is 0.340. The van der Waals surface area contributed by atoms with Crippen molar-refractivity contribution in [3.05, 3.63) is 11.7 Å². The fourth-order valence-electron chi connectivity index (χ4n) is 3.01. The highest BCUT2D eigenvalue weighted by molar-refractivity contribution is 4.93. The van der Waals surface area contributed by atoms with E-state index in [1.54, 1.807) is 0 Å². The van der Waals surface area contributed by atoms with Crippen molar-refractivity contribution in [3.63, 3.8) is 0 Å². The third kappa shape index (κ3) is 2.42. The van der Waals surface area contributed by atoms with Gasteiger partial charge in [-0.3, -0.25) is 4.90 Å². The van der Waals surface area contributed by atoms with Gasteiger partial charge >= 0.3 is 0 Å². The maximum absolute atomic E-state index is 5.32. The lowest BCUT2D eigenvalue weighted by molar-refractivity contribution is 0.128. The second kappa shape index (κ2) is 4.97. The number of piperidine rings is 1. The Balaban J connectivity index is 1.59. The molecule has 2 saturated heterocycles. The number of hydrogen-bond acceptors (Lipinski definition) is 5. The zero-order valence-corrected chi connectivity index (χ0v) is 11.2. The molecular weight excluding hydrogens is 228 g/mol. The smallest absolute Gasteiger partial charge is 0.240 e. The van der Waals surface area contributed by atoms with Crippen LogP contribution in [0.1, 0.15) is 37.9 Å². The van der Waals surface area contributed by atoms with Crippen molar-refractivity contribution < 1.29 is 4.52 Å². The third-order valence-electron chi connectivity index (χ3n) is 4.15. The number of rotatable bonds is 3. The predicted octanol–water partition coefficient (Wildman–Crippen LogP) is 1.23. The maximum Gasteiger partial charge on any atom is 0.240 e. The summed E-state index contributed by atoms with van der Waals surface area (Å²) in [4.78, 5) is 6.90. The summed E-state index contributed by atoms with van der Waals surface area (Å²) in [6.07, 6.45) is 1.29. The quantitative estimate of drug-likeness (QED) is 0.874. The molecule has 2 unspecified atom stereocenters. The molecule has 1 aromatic heterocycles. The van der Waals surface area contributed by atoms with Crippen molar-refractivity contribution in [2.45, 2.75) is 32.7 Å². The van der Waals surface area contributed by atoms with E-state index >= 15 is 0 Å². The standard InChI is InChI=1S/C13H22N4O/c1-9(2)13-15-12(18-16-13)8-17-4-3-10-5-14-6-11(10)7-17/h9-11,14H,3-8H2,1-2H3. The maximum atomic E-state index is 5.32. The minimum Gasteiger partial charge on any atom is -0.338 e. The molecule has 0 aromatic carbocycles. The van der Waals surface area contributed by atoms with Gasteiger partial charge in [0.1, 0.15) is 0 Å². The molecule has 0 aliphatic carbocycles. The summed E-state index contributed by atoms with van der Waals surface area (Å²) in [7, 11) is 0. The van der Waals surface area contributed by atoms with Gasteiger partial charge in [0, 0.05) is 12.5 Å². The summed E-state index contributed by atoms with van der Waals surface area (Å²) in [5, 5.41) is 7.51. The van der Waals surface area contributed by atoms with Gasteiger partial charge in [-0.25, -0.2) is 0 Å². The van der Waals surface area contributed by atoms with Gasteiger partial charge in [-0.05, 0) is 37.9 Å². The van der Waals surface area contributed by atoms with Crippen LogP contribution < -0.4 is 5.32 Å². The lowest BCUT2D eigenvalue weighted by atomic mass is 9.89. The molecule has 2 aliphatic heterocycles. The van der Waals surface area contributed by atoms with Gasteiger partial charge in [-0.2, -0.15) is 4.98 Å². The van der Waals surface area contributed by atoms with Crippen LogP contribution in [0.15, 0.2) is 4.52 Å². The molecule has 5 heteroatoms. The molecule has 0 saturated carbocycles. The van der Waals surface area contributed by atoms with Crippen LogP contribution in [0.25, 0.3) is 0 Å². The molecular formula is C13H22N4O. The zero-order chi connectivity index (χ0) is 12.5. The lowest BCUT2D eigenvalue weighted by Crippen LogP contribution is -2.39. The van der Waals surface area contributed by atoms with Crippen LogP contribution in [-0.4, -0.2) is 41.2 Å². The first-order valence-electron chi connectivity index (χ1n) is 6.98. The molecule has 100 valence electrons. The van der Waals surface area contributed by atoms with Gasteiger partial charge in [-0.1, -0.05) is 19.0 Å².